The molecular formula is C88H59BN8. The van der Waals surface area contributed by atoms with Crippen molar-refractivity contribution < 1.29 is 0 Å². The van der Waals surface area contributed by atoms with Gasteiger partial charge in [-0.2, -0.15) is 0 Å². The normalized spacial score (nSPS) is 13.1. The smallest absolute Gasteiger partial charge is 0.252 e. The van der Waals surface area contributed by atoms with Crippen molar-refractivity contribution in [2.45, 2.75) is 19.3 Å². The molecule has 16 aromatic rings. The predicted molar refractivity (Wildman–Crippen MR) is 399 cm³/mol. The molecule has 0 unspecified atom stereocenters. The average molecular weight is 1240 g/mol. The Morgan fingerprint density at radius 2 is 0.784 bits per heavy atom. The van der Waals surface area contributed by atoms with Crippen molar-refractivity contribution in [3.8, 4) is 96.0 Å². The van der Waals surface area contributed by atoms with E-state index in [1.54, 1.807) is 0 Å². The minimum Gasteiger partial charge on any atom is -0.311 e. The van der Waals surface area contributed by atoms with Crippen LogP contribution in [0, 0.1) is 0 Å². The van der Waals surface area contributed by atoms with E-state index in [9.17, 15) is 0 Å². The van der Waals surface area contributed by atoms with Crippen molar-refractivity contribution in [3.63, 3.8) is 0 Å². The Hall–Kier alpha value is -12.6. The second-order valence-electron chi connectivity index (χ2n) is 25.9. The van der Waals surface area contributed by atoms with E-state index < -0.39 is 0 Å². The van der Waals surface area contributed by atoms with E-state index in [2.05, 4.69) is 307 Å². The Balaban J connectivity index is 0.847. The van der Waals surface area contributed by atoms with Gasteiger partial charge in [0.15, 0.2) is 23.3 Å². The van der Waals surface area contributed by atoms with E-state index in [4.69, 9.17) is 24.9 Å². The summed E-state index contributed by atoms with van der Waals surface area (Å²) in [5, 5.41) is 2.33. The lowest BCUT2D eigenvalue weighted by atomic mass is 9.33. The molecule has 2 aliphatic heterocycles. The Kier molecular flexibility index (Phi) is 12.9. The highest BCUT2D eigenvalue weighted by Gasteiger charge is 2.44. The first-order chi connectivity index (χ1) is 47.9. The maximum atomic E-state index is 5.73. The summed E-state index contributed by atoms with van der Waals surface area (Å²) in [6, 6.07) is 115. The van der Waals surface area contributed by atoms with E-state index in [0.29, 0.717) is 23.3 Å². The highest BCUT2D eigenvalue weighted by molar-refractivity contribution is 7.00. The van der Waals surface area contributed by atoms with Gasteiger partial charge in [-0.1, -0.05) is 244 Å². The van der Waals surface area contributed by atoms with E-state index in [1.807, 2.05) is 42.5 Å². The molecule has 0 spiro atoms. The number of fused-ring (bicyclic) bond motifs is 10. The van der Waals surface area contributed by atoms with E-state index in [1.165, 1.54) is 44.0 Å². The first kappa shape index (κ1) is 56.0. The standard InChI is InChI=1S/C88H59BN8/c1-88(2)70-41-20-18-39-65(70)67-53-68-66-40-19-23-44-76(66)97(80(68)54-71(67)88)77-48-47-60(75-55-74(56-27-8-3-9-28-56)90-84(91-75)57-29-10-4-11-30-57)50-69(77)87-93-85(58-31-12-5-13-32-58)92-86(94-87)61-34-26-33-59(49-61)62-51-81-83-82(52-62)96(64-37-16-7-17-38-64)79-46-25-22-43-73(79)89(83)72-42-21-24-45-78(72)95(81)63-35-14-6-15-36-63/h3-55H,1-2H3. The molecule has 1 aliphatic carbocycles. The molecule has 454 valence electrons. The minimum absolute atomic E-state index is 0.0142. The first-order valence-electron chi connectivity index (χ1n) is 33.2. The number of aromatic nitrogens is 6. The predicted octanol–water partition coefficient (Wildman–Crippen LogP) is 19.8. The number of para-hydroxylation sites is 5. The van der Waals surface area contributed by atoms with E-state index in [-0.39, 0.29) is 12.1 Å². The largest absolute Gasteiger partial charge is 0.311 e. The van der Waals surface area contributed by atoms with Crippen LogP contribution in [0.5, 0.6) is 0 Å². The van der Waals surface area contributed by atoms with Crippen molar-refractivity contribution in [1.29, 1.82) is 0 Å². The molecule has 19 rings (SSSR count). The molecule has 13 aromatic carbocycles. The number of hydrogen-bond acceptors (Lipinski definition) is 7. The lowest BCUT2D eigenvalue weighted by molar-refractivity contribution is 0.661. The minimum atomic E-state index is -0.242. The van der Waals surface area contributed by atoms with Gasteiger partial charge in [-0.3, -0.25) is 0 Å². The van der Waals surface area contributed by atoms with E-state index in [0.717, 1.165) is 112 Å². The molecule has 5 heterocycles. The van der Waals surface area contributed by atoms with Gasteiger partial charge in [0, 0.05) is 83.7 Å². The molecule has 0 amide bonds. The molecule has 0 saturated heterocycles. The summed E-state index contributed by atoms with van der Waals surface area (Å²) >= 11 is 0. The van der Waals surface area contributed by atoms with Gasteiger partial charge in [0.05, 0.1) is 28.1 Å². The van der Waals surface area contributed by atoms with Crippen LogP contribution in [-0.4, -0.2) is 36.2 Å². The molecule has 0 fully saturated rings. The fourth-order valence-electron chi connectivity index (χ4n) is 15.5. The van der Waals surface area contributed by atoms with Gasteiger partial charge >= 0.3 is 0 Å². The summed E-state index contributed by atoms with van der Waals surface area (Å²) in [5.41, 5.74) is 27.6. The SMILES string of the molecule is CC1(C)c2ccccc2-c2cc3c4ccccc4n(-c4ccc(-c5cc(-c6ccccc6)nc(-c6ccccc6)n5)cc4-c4nc(-c5ccccc5)nc(-c5cccc(-c6cc7c8c(c6)N(c6ccccc6)c6ccccc6B8c6ccccc6N7c6ccccc6)c5)n4)c3cc21. The number of rotatable bonds is 10. The maximum Gasteiger partial charge on any atom is 0.252 e. The van der Waals surface area contributed by atoms with Crippen molar-refractivity contribution >= 4 is 79.0 Å². The Morgan fingerprint density at radius 1 is 0.278 bits per heavy atom. The Labute approximate surface area is 562 Å². The molecule has 9 heteroatoms. The third-order valence-corrected chi connectivity index (χ3v) is 20.0. The van der Waals surface area contributed by atoms with Crippen molar-refractivity contribution in [1.82, 2.24) is 29.5 Å². The summed E-state index contributed by atoms with van der Waals surface area (Å²) in [6.07, 6.45) is 0. The molecule has 3 aromatic heterocycles. The second-order valence-corrected chi connectivity index (χ2v) is 25.9. The quantitative estimate of drug-likeness (QED) is 0.126. The van der Waals surface area contributed by atoms with Crippen LogP contribution in [0.25, 0.3) is 118 Å². The van der Waals surface area contributed by atoms with Crippen LogP contribution in [0.4, 0.5) is 34.1 Å². The van der Waals surface area contributed by atoms with Gasteiger partial charge in [0.2, 0.25) is 0 Å². The van der Waals surface area contributed by atoms with E-state index >= 15 is 0 Å². The third kappa shape index (κ3) is 9.11. The summed E-state index contributed by atoms with van der Waals surface area (Å²) in [4.78, 5) is 32.4. The highest BCUT2D eigenvalue weighted by Crippen LogP contribution is 2.52. The summed E-state index contributed by atoms with van der Waals surface area (Å²) in [5.74, 6) is 2.25. The number of anilines is 6. The van der Waals surface area contributed by atoms with Crippen LogP contribution in [0.15, 0.2) is 322 Å². The van der Waals surface area contributed by atoms with Crippen LogP contribution in [0.2, 0.25) is 0 Å². The van der Waals surface area contributed by atoms with Crippen LogP contribution in [0.3, 0.4) is 0 Å². The molecule has 97 heavy (non-hydrogen) atoms. The van der Waals surface area contributed by atoms with Crippen molar-refractivity contribution in [2.75, 3.05) is 9.80 Å². The lowest BCUT2D eigenvalue weighted by Gasteiger charge is -2.44. The molecule has 0 saturated carbocycles. The fraction of sp³-hybridized carbons (Fsp3) is 0.0341. The molecule has 0 radical (unpaired) electrons. The molecular weight excluding hydrogens is 1180 g/mol. The van der Waals surface area contributed by atoms with Crippen LogP contribution >= 0.6 is 0 Å². The average Bonchev–Trinajstić information content (AvgIpc) is 1.42. The second kappa shape index (κ2) is 22.3. The first-order valence-corrected chi connectivity index (χ1v) is 33.2. The highest BCUT2D eigenvalue weighted by atomic mass is 15.2. The van der Waals surface area contributed by atoms with Crippen molar-refractivity contribution in [3.05, 3.63) is 333 Å². The molecule has 0 N–H and O–H groups in total. The zero-order chi connectivity index (χ0) is 64.3. The number of nitrogens with zero attached hydrogens (tertiary/aromatic N) is 8. The topological polar surface area (TPSA) is 75.9 Å². The van der Waals surface area contributed by atoms with Gasteiger partial charge in [-0.15, -0.1) is 0 Å². The van der Waals surface area contributed by atoms with Crippen LogP contribution in [0.1, 0.15) is 25.0 Å². The zero-order valence-electron chi connectivity index (χ0n) is 53.3. The van der Waals surface area contributed by atoms with Crippen molar-refractivity contribution in [2.24, 2.45) is 0 Å². The van der Waals surface area contributed by atoms with Gasteiger partial charge in [-0.05, 0) is 141 Å². The Bertz CT molecular complexity index is 5650. The zero-order valence-corrected chi connectivity index (χ0v) is 53.3. The third-order valence-electron chi connectivity index (χ3n) is 20.0. The lowest BCUT2D eigenvalue weighted by Crippen LogP contribution is -2.61. The van der Waals surface area contributed by atoms with Crippen LogP contribution in [-0.2, 0) is 5.41 Å². The molecule has 8 nitrogen and oxygen atoms in total. The summed E-state index contributed by atoms with van der Waals surface area (Å²) in [7, 11) is 0. The number of benzene rings is 13. The monoisotopic (exact) mass is 1240 g/mol. The summed E-state index contributed by atoms with van der Waals surface area (Å²) in [6.45, 7) is 4.69. The van der Waals surface area contributed by atoms with Gasteiger partial charge in [0.25, 0.3) is 6.71 Å². The van der Waals surface area contributed by atoms with Crippen LogP contribution < -0.4 is 26.2 Å². The number of hydrogen-bond donors (Lipinski definition) is 0. The molecule has 3 aliphatic rings. The maximum absolute atomic E-state index is 5.73. The van der Waals surface area contributed by atoms with Gasteiger partial charge < -0.3 is 14.4 Å². The summed E-state index contributed by atoms with van der Waals surface area (Å²) < 4.78 is 2.43. The fourth-order valence-corrected chi connectivity index (χ4v) is 15.5. The Morgan fingerprint density at radius 3 is 1.43 bits per heavy atom. The van der Waals surface area contributed by atoms with Gasteiger partial charge in [0.1, 0.15) is 0 Å². The molecule has 0 bridgehead atoms. The van der Waals surface area contributed by atoms with Gasteiger partial charge in [-0.25, -0.2) is 24.9 Å². The molecule has 0 atom stereocenters.